The van der Waals surface area contributed by atoms with E-state index in [0.29, 0.717) is 17.5 Å². The fourth-order valence-electron chi connectivity index (χ4n) is 1.09. The lowest BCUT2D eigenvalue weighted by Crippen LogP contribution is -1.98. The molecule has 2 rings (SSSR count). The predicted molar refractivity (Wildman–Crippen MR) is 59.9 cm³/mol. The van der Waals surface area contributed by atoms with Gasteiger partial charge in [-0.25, -0.2) is 4.98 Å². The van der Waals surface area contributed by atoms with Crippen LogP contribution in [0.4, 0.5) is 0 Å². The Morgan fingerprint density at radius 1 is 1.44 bits per heavy atom. The standard InChI is InChI=1S/C10H10BrN3O2/c1-2-10-13-9(14-16-10)6-15-7-3-4-8(11)12-5-7/h3-5H,2,6H2,1H3. The summed E-state index contributed by atoms with van der Waals surface area (Å²) < 4.78 is 11.2. The number of hydrogen-bond acceptors (Lipinski definition) is 5. The van der Waals surface area contributed by atoms with Gasteiger partial charge in [-0.2, -0.15) is 4.98 Å². The Kier molecular flexibility index (Phi) is 3.51. The summed E-state index contributed by atoms with van der Waals surface area (Å²) in [6.07, 6.45) is 2.36. The molecule has 0 atom stereocenters. The SMILES string of the molecule is CCc1nc(COc2ccc(Br)nc2)no1. The van der Waals surface area contributed by atoms with E-state index in [1.807, 2.05) is 19.1 Å². The largest absolute Gasteiger partial charge is 0.484 e. The van der Waals surface area contributed by atoms with Crippen LogP contribution in [0.3, 0.4) is 0 Å². The maximum absolute atomic E-state index is 5.44. The van der Waals surface area contributed by atoms with Gasteiger partial charge in [0, 0.05) is 6.42 Å². The Labute approximate surface area is 101 Å². The topological polar surface area (TPSA) is 61.0 Å². The summed E-state index contributed by atoms with van der Waals surface area (Å²) in [7, 11) is 0. The van der Waals surface area contributed by atoms with E-state index in [2.05, 4.69) is 31.1 Å². The molecular weight excluding hydrogens is 274 g/mol. The molecular formula is C10H10BrN3O2. The Morgan fingerprint density at radius 2 is 2.31 bits per heavy atom. The van der Waals surface area contributed by atoms with Crippen molar-refractivity contribution in [3.63, 3.8) is 0 Å². The van der Waals surface area contributed by atoms with Crippen LogP contribution >= 0.6 is 15.9 Å². The Balaban J connectivity index is 1.94. The molecule has 0 saturated heterocycles. The van der Waals surface area contributed by atoms with Crippen LogP contribution in [0.25, 0.3) is 0 Å². The first kappa shape index (κ1) is 11.1. The predicted octanol–water partition coefficient (Wildman–Crippen LogP) is 2.37. The van der Waals surface area contributed by atoms with Crippen molar-refractivity contribution < 1.29 is 9.26 Å². The van der Waals surface area contributed by atoms with Crippen molar-refractivity contribution in [2.24, 2.45) is 0 Å². The second-order valence-corrected chi connectivity index (χ2v) is 3.88. The minimum absolute atomic E-state index is 0.285. The molecule has 0 aliphatic heterocycles. The van der Waals surface area contributed by atoms with Crippen LogP contribution in [0.5, 0.6) is 5.75 Å². The lowest BCUT2D eigenvalue weighted by Gasteiger charge is -2.01. The maximum atomic E-state index is 5.44. The quantitative estimate of drug-likeness (QED) is 0.806. The summed E-state index contributed by atoms with van der Waals surface area (Å²) in [6, 6.07) is 3.63. The number of rotatable bonds is 4. The third kappa shape index (κ3) is 2.79. The van der Waals surface area contributed by atoms with Crippen molar-refractivity contribution in [1.82, 2.24) is 15.1 Å². The molecule has 0 spiro atoms. The molecule has 0 saturated carbocycles. The molecule has 0 amide bonds. The van der Waals surface area contributed by atoms with Gasteiger partial charge in [0.1, 0.15) is 10.4 Å². The molecule has 2 aromatic heterocycles. The van der Waals surface area contributed by atoms with Gasteiger partial charge >= 0.3 is 0 Å². The third-order valence-electron chi connectivity index (χ3n) is 1.88. The molecule has 2 heterocycles. The van der Waals surface area contributed by atoms with Crippen LogP contribution in [0, 0.1) is 0 Å². The smallest absolute Gasteiger partial charge is 0.226 e. The summed E-state index contributed by atoms with van der Waals surface area (Å²) >= 11 is 3.25. The van der Waals surface area contributed by atoms with Crippen LogP contribution in [-0.4, -0.2) is 15.1 Å². The average molecular weight is 284 g/mol. The van der Waals surface area contributed by atoms with E-state index in [-0.39, 0.29) is 6.61 Å². The van der Waals surface area contributed by atoms with Gasteiger partial charge in [0.25, 0.3) is 0 Å². The molecule has 84 valence electrons. The second-order valence-electron chi connectivity index (χ2n) is 3.06. The lowest BCUT2D eigenvalue weighted by molar-refractivity contribution is 0.284. The van der Waals surface area contributed by atoms with Crippen LogP contribution in [0.15, 0.2) is 27.5 Å². The number of ether oxygens (including phenoxy) is 1. The Morgan fingerprint density at radius 3 is 2.94 bits per heavy atom. The van der Waals surface area contributed by atoms with Crippen molar-refractivity contribution in [3.8, 4) is 5.75 Å². The van der Waals surface area contributed by atoms with Gasteiger partial charge in [0.05, 0.1) is 6.20 Å². The van der Waals surface area contributed by atoms with Gasteiger partial charge in [0.15, 0.2) is 6.61 Å². The molecule has 0 unspecified atom stereocenters. The minimum atomic E-state index is 0.285. The highest BCUT2D eigenvalue weighted by atomic mass is 79.9. The van der Waals surface area contributed by atoms with Crippen LogP contribution in [0.1, 0.15) is 18.6 Å². The first-order valence-corrected chi connectivity index (χ1v) is 5.63. The van der Waals surface area contributed by atoms with E-state index >= 15 is 0 Å². The normalized spacial score (nSPS) is 10.4. The van der Waals surface area contributed by atoms with Crippen molar-refractivity contribution in [2.75, 3.05) is 0 Å². The van der Waals surface area contributed by atoms with E-state index in [9.17, 15) is 0 Å². The summed E-state index contributed by atoms with van der Waals surface area (Å²) in [5, 5.41) is 3.78. The maximum Gasteiger partial charge on any atom is 0.226 e. The number of pyridine rings is 1. The second kappa shape index (κ2) is 5.07. The van der Waals surface area contributed by atoms with E-state index in [0.717, 1.165) is 11.0 Å². The van der Waals surface area contributed by atoms with Crippen LogP contribution in [-0.2, 0) is 13.0 Å². The van der Waals surface area contributed by atoms with Gasteiger partial charge in [-0.15, -0.1) is 0 Å². The molecule has 0 N–H and O–H groups in total. The molecule has 0 radical (unpaired) electrons. The fraction of sp³-hybridized carbons (Fsp3) is 0.300. The van der Waals surface area contributed by atoms with Crippen molar-refractivity contribution in [2.45, 2.75) is 20.0 Å². The summed E-state index contributed by atoms with van der Waals surface area (Å²) in [5.41, 5.74) is 0. The summed E-state index contributed by atoms with van der Waals surface area (Å²) in [6.45, 7) is 2.24. The van der Waals surface area contributed by atoms with Gasteiger partial charge in [0.2, 0.25) is 11.7 Å². The molecule has 0 fully saturated rings. The van der Waals surface area contributed by atoms with Crippen molar-refractivity contribution in [3.05, 3.63) is 34.6 Å². The minimum Gasteiger partial charge on any atom is -0.484 e. The van der Waals surface area contributed by atoms with Gasteiger partial charge in [-0.05, 0) is 28.1 Å². The molecule has 0 aliphatic rings. The van der Waals surface area contributed by atoms with E-state index in [4.69, 9.17) is 9.26 Å². The average Bonchev–Trinajstić information content (AvgIpc) is 2.76. The highest BCUT2D eigenvalue weighted by molar-refractivity contribution is 9.10. The van der Waals surface area contributed by atoms with E-state index < -0.39 is 0 Å². The zero-order valence-corrected chi connectivity index (χ0v) is 10.3. The zero-order chi connectivity index (χ0) is 11.4. The highest BCUT2D eigenvalue weighted by Crippen LogP contribution is 2.13. The number of nitrogens with zero attached hydrogens (tertiary/aromatic N) is 3. The molecule has 16 heavy (non-hydrogen) atoms. The summed E-state index contributed by atoms with van der Waals surface area (Å²) in [4.78, 5) is 8.17. The van der Waals surface area contributed by atoms with Gasteiger partial charge in [-0.1, -0.05) is 12.1 Å². The number of aromatic nitrogens is 3. The molecule has 0 aromatic carbocycles. The van der Waals surface area contributed by atoms with Gasteiger partial charge in [-0.3, -0.25) is 0 Å². The fourth-order valence-corrected chi connectivity index (χ4v) is 1.32. The Hall–Kier alpha value is -1.43. The first-order chi connectivity index (χ1) is 7.78. The lowest BCUT2D eigenvalue weighted by atomic mass is 10.4. The van der Waals surface area contributed by atoms with Crippen molar-refractivity contribution in [1.29, 1.82) is 0 Å². The molecule has 0 bridgehead atoms. The molecule has 0 aliphatic carbocycles. The number of halogens is 1. The molecule has 2 aromatic rings. The molecule has 6 heteroatoms. The van der Waals surface area contributed by atoms with E-state index in [1.54, 1.807) is 6.20 Å². The third-order valence-corrected chi connectivity index (χ3v) is 2.35. The zero-order valence-electron chi connectivity index (χ0n) is 8.68. The van der Waals surface area contributed by atoms with Gasteiger partial charge < -0.3 is 9.26 Å². The first-order valence-electron chi connectivity index (χ1n) is 4.83. The Bertz CT molecular complexity index is 455. The summed E-state index contributed by atoms with van der Waals surface area (Å²) in [5.74, 6) is 1.83. The van der Waals surface area contributed by atoms with Crippen LogP contribution in [0.2, 0.25) is 0 Å². The monoisotopic (exact) mass is 283 g/mol. The van der Waals surface area contributed by atoms with Crippen molar-refractivity contribution >= 4 is 15.9 Å². The number of hydrogen-bond donors (Lipinski definition) is 0. The van der Waals surface area contributed by atoms with Crippen LogP contribution < -0.4 is 4.74 Å². The van der Waals surface area contributed by atoms with E-state index in [1.165, 1.54) is 0 Å². The molecule has 5 nitrogen and oxygen atoms in total. The highest BCUT2D eigenvalue weighted by Gasteiger charge is 2.04. The number of aryl methyl sites for hydroxylation is 1.